The van der Waals surface area contributed by atoms with Gasteiger partial charge in [0.15, 0.2) is 0 Å². The fourth-order valence-electron chi connectivity index (χ4n) is 1.98. The number of benzene rings is 1. The third kappa shape index (κ3) is 4.37. The van der Waals surface area contributed by atoms with E-state index in [-0.39, 0.29) is 0 Å². The Morgan fingerprint density at radius 1 is 1.29 bits per heavy atom. The molecule has 1 aromatic heterocycles. The number of hydrogen-bond donors (Lipinski definition) is 1. The van der Waals surface area contributed by atoms with E-state index in [4.69, 9.17) is 27.9 Å². The van der Waals surface area contributed by atoms with Crippen molar-refractivity contribution in [3.05, 3.63) is 45.7 Å². The van der Waals surface area contributed by atoms with Crippen molar-refractivity contribution in [2.75, 3.05) is 6.54 Å². The lowest BCUT2D eigenvalue weighted by Crippen LogP contribution is -2.13. The van der Waals surface area contributed by atoms with Crippen molar-refractivity contribution in [1.82, 2.24) is 15.1 Å². The third-order valence-electron chi connectivity index (χ3n) is 3.04. The van der Waals surface area contributed by atoms with Crippen LogP contribution in [0.1, 0.15) is 25.0 Å². The number of aromatic nitrogens is 2. The molecular weight excluding hydrogens is 309 g/mol. The van der Waals surface area contributed by atoms with Gasteiger partial charge in [-0.05, 0) is 25.6 Å². The van der Waals surface area contributed by atoms with Crippen molar-refractivity contribution < 1.29 is 4.74 Å². The predicted octanol–water partition coefficient (Wildman–Crippen LogP) is 3.90. The van der Waals surface area contributed by atoms with E-state index in [2.05, 4.69) is 10.4 Å². The average molecular weight is 328 g/mol. The molecule has 0 unspecified atom stereocenters. The summed E-state index contributed by atoms with van der Waals surface area (Å²) >= 11 is 12.3. The maximum Gasteiger partial charge on any atom is 0.142 e. The summed E-state index contributed by atoms with van der Waals surface area (Å²) in [5, 5.41) is 8.62. The van der Waals surface area contributed by atoms with Crippen molar-refractivity contribution in [3.63, 3.8) is 0 Å². The highest BCUT2D eigenvalue weighted by Gasteiger charge is 2.11. The molecule has 1 N–H and O–H groups in total. The van der Waals surface area contributed by atoms with Crippen LogP contribution in [-0.4, -0.2) is 16.3 Å². The first-order valence-electron chi connectivity index (χ1n) is 6.96. The Labute approximate surface area is 135 Å². The summed E-state index contributed by atoms with van der Waals surface area (Å²) < 4.78 is 7.74. The van der Waals surface area contributed by atoms with Crippen molar-refractivity contribution in [1.29, 1.82) is 0 Å². The van der Waals surface area contributed by atoms with Crippen LogP contribution in [0.25, 0.3) is 0 Å². The van der Waals surface area contributed by atoms with E-state index in [9.17, 15) is 0 Å². The quantitative estimate of drug-likeness (QED) is 0.838. The van der Waals surface area contributed by atoms with Gasteiger partial charge in [0, 0.05) is 35.4 Å². The number of nitrogens with one attached hydrogen (secondary N) is 1. The number of rotatable bonds is 7. The minimum Gasteiger partial charge on any atom is -0.487 e. The molecule has 21 heavy (non-hydrogen) atoms. The van der Waals surface area contributed by atoms with Crippen molar-refractivity contribution in [2.24, 2.45) is 0 Å². The number of nitrogens with zero attached hydrogens (tertiary/aromatic N) is 2. The third-order valence-corrected chi connectivity index (χ3v) is 3.54. The van der Waals surface area contributed by atoms with Crippen LogP contribution in [0.2, 0.25) is 10.0 Å². The van der Waals surface area contributed by atoms with Crippen LogP contribution < -0.4 is 10.1 Å². The Bertz CT molecular complexity index is 599. The van der Waals surface area contributed by atoms with Crippen LogP contribution >= 0.6 is 23.2 Å². The molecule has 0 amide bonds. The Morgan fingerprint density at radius 2 is 2.10 bits per heavy atom. The van der Waals surface area contributed by atoms with Gasteiger partial charge >= 0.3 is 0 Å². The number of hydrogen-bond acceptors (Lipinski definition) is 3. The van der Waals surface area contributed by atoms with E-state index in [1.54, 1.807) is 12.3 Å². The van der Waals surface area contributed by atoms with Crippen LogP contribution in [-0.2, 0) is 19.7 Å². The Morgan fingerprint density at radius 3 is 2.76 bits per heavy atom. The Balaban J connectivity index is 2.13. The highest BCUT2D eigenvalue weighted by molar-refractivity contribution is 6.35. The molecule has 1 heterocycles. The lowest BCUT2D eigenvalue weighted by Gasteiger charge is -2.13. The SMILES string of the molecule is CCNCc1cc(Cl)cc(Cl)c1OCc1cnn(CC)c1. The van der Waals surface area contributed by atoms with Gasteiger partial charge in [0.2, 0.25) is 0 Å². The first-order valence-corrected chi connectivity index (χ1v) is 7.72. The Kier molecular flexibility index (Phi) is 5.91. The van der Waals surface area contributed by atoms with Crippen molar-refractivity contribution in [2.45, 2.75) is 33.5 Å². The lowest BCUT2D eigenvalue weighted by atomic mass is 10.2. The minimum atomic E-state index is 0.431. The number of ether oxygens (including phenoxy) is 1. The van der Waals surface area contributed by atoms with Crippen LogP contribution in [0.15, 0.2) is 24.5 Å². The monoisotopic (exact) mass is 327 g/mol. The molecule has 4 nitrogen and oxygen atoms in total. The maximum absolute atomic E-state index is 6.25. The second kappa shape index (κ2) is 7.69. The second-order valence-corrected chi connectivity index (χ2v) is 5.49. The molecule has 0 aliphatic carbocycles. The normalized spacial score (nSPS) is 10.9. The molecule has 0 aliphatic rings. The molecular formula is C15H19Cl2N3O. The van der Waals surface area contributed by atoms with Gasteiger partial charge in [-0.25, -0.2) is 0 Å². The number of halogens is 2. The zero-order chi connectivity index (χ0) is 15.2. The van der Waals surface area contributed by atoms with Gasteiger partial charge in [-0.3, -0.25) is 4.68 Å². The molecule has 0 saturated carbocycles. The van der Waals surface area contributed by atoms with E-state index in [0.29, 0.717) is 28.9 Å². The van der Waals surface area contributed by atoms with Crippen LogP contribution in [0.4, 0.5) is 0 Å². The molecule has 0 atom stereocenters. The van der Waals surface area contributed by atoms with Crippen molar-refractivity contribution in [3.8, 4) is 5.75 Å². The summed E-state index contributed by atoms with van der Waals surface area (Å²) in [4.78, 5) is 0. The highest BCUT2D eigenvalue weighted by Crippen LogP contribution is 2.33. The largest absolute Gasteiger partial charge is 0.487 e. The average Bonchev–Trinajstić information content (AvgIpc) is 2.91. The summed E-state index contributed by atoms with van der Waals surface area (Å²) in [6, 6.07) is 3.57. The van der Waals surface area contributed by atoms with Gasteiger partial charge in [-0.1, -0.05) is 30.1 Å². The fraction of sp³-hybridized carbons (Fsp3) is 0.400. The highest BCUT2D eigenvalue weighted by atomic mass is 35.5. The molecule has 2 rings (SSSR count). The zero-order valence-electron chi connectivity index (χ0n) is 12.2. The first kappa shape index (κ1) is 16.1. The molecule has 114 valence electrons. The maximum atomic E-state index is 6.25. The molecule has 0 fully saturated rings. The summed E-state index contributed by atoms with van der Waals surface area (Å²) in [5.41, 5.74) is 1.97. The predicted molar refractivity (Wildman–Crippen MR) is 86.1 cm³/mol. The van der Waals surface area contributed by atoms with E-state index in [1.165, 1.54) is 0 Å². The summed E-state index contributed by atoms with van der Waals surface area (Å²) in [6.45, 7) is 6.90. The van der Waals surface area contributed by atoms with Crippen LogP contribution in [0.5, 0.6) is 5.75 Å². The topological polar surface area (TPSA) is 39.1 Å². The number of aryl methyl sites for hydroxylation is 1. The lowest BCUT2D eigenvalue weighted by molar-refractivity contribution is 0.302. The molecule has 0 radical (unpaired) electrons. The minimum absolute atomic E-state index is 0.431. The zero-order valence-corrected chi connectivity index (χ0v) is 13.7. The molecule has 0 bridgehead atoms. The van der Waals surface area contributed by atoms with Gasteiger partial charge in [0.25, 0.3) is 0 Å². The van der Waals surface area contributed by atoms with E-state index >= 15 is 0 Å². The second-order valence-electron chi connectivity index (χ2n) is 4.65. The van der Waals surface area contributed by atoms with Gasteiger partial charge < -0.3 is 10.1 Å². The Hall–Kier alpha value is -1.23. The fourth-order valence-corrected chi connectivity index (χ4v) is 2.57. The standard InChI is InChI=1S/C15H19Cl2N3O/c1-3-18-8-12-5-13(16)6-14(17)15(12)21-10-11-7-19-20(4-2)9-11/h5-7,9,18H,3-4,8,10H2,1-2H3. The van der Waals surface area contributed by atoms with E-state index in [1.807, 2.05) is 30.8 Å². The van der Waals surface area contributed by atoms with Gasteiger partial charge in [0.05, 0.1) is 11.2 Å². The van der Waals surface area contributed by atoms with E-state index < -0.39 is 0 Å². The smallest absolute Gasteiger partial charge is 0.142 e. The first-order chi connectivity index (χ1) is 10.1. The molecule has 2 aromatic rings. The molecule has 0 aliphatic heterocycles. The van der Waals surface area contributed by atoms with Gasteiger partial charge in [0.1, 0.15) is 12.4 Å². The molecule has 6 heteroatoms. The molecule has 0 saturated heterocycles. The summed E-state index contributed by atoms with van der Waals surface area (Å²) in [7, 11) is 0. The summed E-state index contributed by atoms with van der Waals surface area (Å²) in [5.74, 6) is 0.672. The molecule has 0 spiro atoms. The van der Waals surface area contributed by atoms with Crippen molar-refractivity contribution >= 4 is 23.2 Å². The van der Waals surface area contributed by atoms with Gasteiger partial charge in [-0.2, -0.15) is 5.10 Å². The van der Waals surface area contributed by atoms with Gasteiger partial charge in [-0.15, -0.1) is 0 Å². The van der Waals surface area contributed by atoms with E-state index in [0.717, 1.165) is 24.2 Å². The molecule has 1 aromatic carbocycles. The summed E-state index contributed by atoms with van der Waals surface area (Å²) in [6.07, 6.45) is 3.77. The van der Waals surface area contributed by atoms with Crippen LogP contribution in [0, 0.1) is 0 Å². The van der Waals surface area contributed by atoms with Crippen LogP contribution in [0.3, 0.4) is 0 Å².